The van der Waals surface area contributed by atoms with Crippen molar-refractivity contribution in [2.45, 2.75) is 6.42 Å². The van der Waals surface area contributed by atoms with Crippen LogP contribution in [0.25, 0.3) is 6.08 Å². The average molecular weight is 363 g/mol. The summed E-state index contributed by atoms with van der Waals surface area (Å²) in [5.41, 5.74) is 1.67. The summed E-state index contributed by atoms with van der Waals surface area (Å²) < 4.78 is 6.10. The number of esters is 1. The highest BCUT2D eigenvalue weighted by Crippen LogP contribution is 2.25. The zero-order valence-corrected chi connectivity index (χ0v) is 13.3. The fourth-order valence-corrected chi connectivity index (χ4v) is 2.27. The fourth-order valence-electron chi connectivity index (χ4n) is 1.82. The Morgan fingerprint density at radius 1 is 1.14 bits per heavy atom. The van der Waals surface area contributed by atoms with Crippen molar-refractivity contribution in [2.24, 2.45) is 0 Å². The van der Waals surface area contributed by atoms with E-state index in [1.54, 1.807) is 6.07 Å². The molecule has 2 aromatic carbocycles. The maximum absolute atomic E-state index is 11.6. The molecule has 0 saturated heterocycles. The quantitative estimate of drug-likeness (QED) is 0.483. The van der Waals surface area contributed by atoms with Crippen molar-refractivity contribution in [3.8, 4) is 11.5 Å². The lowest BCUT2D eigenvalue weighted by atomic mass is 10.2. The number of phenols is 2. The summed E-state index contributed by atoms with van der Waals surface area (Å²) in [6.45, 7) is 0.292. The molecule has 0 saturated carbocycles. The Bertz CT molecular complexity index is 695. The minimum Gasteiger partial charge on any atom is -0.504 e. The van der Waals surface area contributed by atoms with Crippen LogP contribution in [0.2, 0.25) is 0 Å². The van der Waals surface area contributed by atoms with E-state index in [1.807, 2.05) is 24.3 Å². The van der Waals surface area contributed by atoms with Gasteiger partial charge in [-0.15, -0.1) is 0 Å². The van der Waals surface area contributed by atoms with Crippen molar-refractivity contribution in [1.82, 2.24) is 0 Å². The molecule has 0 spiro atoms. The summed E-state index contributed by atoms with van der Waals surface area (Å²) >= 11 is 3.39. The Kier molecular flexibility index (Phi) is 5.61. The van der Waals surface area contributed by atoms with Gasteiger partial charge in [0, 0.05) is 17.0 Å². The number of hydrogen-bond donors (Lipinski definition) is 2. The highest BCUT2D eigenvalue weighted by Gasteiger charge is 2.01. The molecule has 0 fully saturated rings. The van der Waals surface area contributed by atoms with E-state index in [0.717, 1.165) is 10.0 Å². The van der Waals surface area contributed by atoms with E-state index in [1.165, 1.54) is 24.3 Å². The summed E-state index contributed by atoms with van der Waals surface area (Å²) in [4.78, 5) is 11.6. The molecule has 0 aliphatic carbocycles. The minimum atomic E-state index is -0.456. The van der Waals surface area contributed by atoms with Gasteiger partial charge in [-0.3, -0.25) is 0 Å². The average Bonchev–Trinajstić information content (AvgIpc) is 2.48. The zero-order chi connectivity index (χ0) is 15.9. The van der Waals surface area contributed by atoms with Gasteiger partial charge in [0.15, 0.2) is 11.5 Å². The van der Waals surface area contributed by atoms with Crippen LogP contribution < -0.4 is 0 Å². The lowest BCUT2D eigenvalue weighted by Crippen LogP contribution is -2.04. The van der Waals surface area contributed by atoms with Gasteiger partial charge in [-0.2, -0.15) is 0 Å². The lowest BCUT2D eigenvalue weighted by Gasteiger charge is -2.03. The van der Waals surface area contributed by atoms with Crippen LogP contribution in [-0.2, 0) is 16.0 Å². The Balaban J connectivity index is 1.82. The maximum Gasteiger partial charge on any atom is 0.330 e. The van der Waals surface area contributed by atoms with Crippen LogP contribution >= 0.6 is 15.9 Å². The van der Waals surface area contributed by atoms with Crippen LogP contribution in [0.3, 0.4) is 0 Å². The maximum atomic E-state index is 11.6. The molecule has 2 N–H and O–H groups in total. The minimum absolute atomic E-state index is 0.200. The van der Waals surface area contributed by atoms with Gasteiger partial charge in [0.25, 0.3) is 0 Å². The molecule has 114 valence electrons. The topological polar surface area (TPSA) is 66.8 Å². The van der Waals surface area contributed by atoms with Crippen molar-refractivity contribution in [3.63, 3.8) is 0 Å². The first kappa shape index (κ1) is 16.1. The molecule has 5 heteroatoms. The normalized spacial score (nSPS) is 10.8. The van der Waals surface area contributed by atoms with Crippen molar-refractivity contribution in [3.05, 3.63) is 64.1 Å². The molecule has 0 radical (unpaired) electrons. The van der Waals surface area contributed by atoms with Gasteiger partial charge in [-0.25, -0.2) is 4.79 Å². The third-order valence-electron chi connectivity index (χ3n) is 2.94. The Morgan fingerprint density at radius 3 is 2.68 bits per heavy atom. The monoisotopic (exact) mass is 362 g/mol. The van der Waals surface area contributed by atoms with E-state index in [9.17, 15) is 15.0 Å². The van der Waals surface area contributed by atoms with Gasteiger partial charge in [0.05, 0.1) is 6.61 Å². The summed E-state index contributed by atoms with van der Waals surface area (Å²) in [6.07, 6.45) is 3.44. The number of aromatic hydroxyl groups is 2. The highest BCUT2D eigenvalue weighted by atomic mass is 79.9. The molecular weight excluding hydrogens is 348 g/mol. The smallest absolute Gasteiger partial charge is 0.330 e. The number of hydrogen-bond acceptors (Lipinski definition) is 4. The second-order valence-corrected chi connectivity index (χ2v) is 5.54. The lowest BCUT2D eigenvalue weighted by molar-refractivity contribution is -0.137. The molecule has 0 aliphatic rings. The first-order chi connectivity index (χ1) is 10.5. The van der Waals surface area contributed by atoms with Gasteiger partial charge in [-0.1, -0.05) is 34.1 Å². The first-order valence-corrected chi connectivity index (χ1v) is 7.45. The van der Waals surface area contributed by atoms with Gasteiger partial charge in [0.2, 0.25) is 0 Å². The van der Waals surface area contributed by atoms with Gasteiger partial charge in [-0.05, 0) is 41.5 Å². The first-order valence-electron chi connectivity index (χ1n) is 6.66. The second-order valence-electron chi connectivity index (χ2n) is 4.63. The van der Waals surface area contributed by atoms with Crippen molar-refractivity contribution in [1.29, 1.82) is 0 Å². The molecular formula is C17H15BrO4. The third-order valence-corrected chi connectivity index (χ3v) is 3.43. The van der Waals surface area contributed by atoms with Gasteiger partial charge in [0.1, 0.15) is 0 Å². The van der Waals surface area contributed by atoms with Crippen molar-refractivity contribution in [2.75, 3.05) is 6.61 Å². The van der Waals surface area contributed by atoms with E-state index >= 15 is 0 Å². The van der Waals surface area contributed by atoms with E-state index in [0.29, 0.717) is 18.6 Å². The molecule has 2 aromatic rings. The number of rotatable bonds is 5. The number of phenolic OH excluding ortho intramolecular Hbond substituents is 2. The number of halogens is 1. The van der Waals surface area contributed by atoms with E-state index in [4.69, 9.17) is 4.74 Å². The van der Waals surface area contributed by atoms with Crippen LogP contribution in [0.15, 0.2) is 53.0 Å². The van der Waals surface area contributed by atoms with Crippen LogP contribution in [0.4, 0.5) is 0 Å². The summed E-state index contributed by atoms with van der Waals surface area (Å²) in [5.74, 6) is -0.888. The zero-order valence-electron chi connectivity index (χ0n) is 11.7. The molecule has 0 aromatic heterocycles. The summed E-state index contributed by atoms with van der Waals surface area (Å²) in [7, 11) is 0. The summed E-state index contributed by atoms with van der Waals surface area (Å²) in [5, 5.41) is 18.5. The molecule has 0 amide bonds. The van der Waals surface area contributed by atoms with Crippen LogP contribution in [0, 0.1) is 0 Å². The number of carbonyl (C=O) groups excluding carboxylic acids is 1. The fraction of sp³-hybridized carbons (Fsp3) is 0.118. The molecule has 0 atom stereocenters. The molecule has 0 heterocycles. The molecule has 4 nitrogen and oxygen atoms in total. The summed E-state index contributed by atoms with van der Waals surface area (Å²) in [6, 6.07) is 12.1. The molecule has 0 aliphatic heterocycles. The second kappa shape index (κ2) is 7.66. The van der Waals surface area contributed by atoms with Crippen molar-refractivity contribution >= 4 is 28.0 Å². The molecule has 2 rings (SSSR count). The third kappa shape index (κ3) is 4.93. The number of ether oxygens (including phenoxy) is 1. The number of carbonyl (C=O) groups is 1. The SMILES string of the molecule is O=C(/C=C/c1ccc(O)c(O)c1)OCCc1cccc(Br)c1. The van der Waals surface area contributed by atoms with Gasteiger partial charge >= 0.3 is 5.97 Å². The van der Waals surface area contributed by atoms with Crippen LogP contribution in [0.5, 0.6) is 11.5 Å². The highest BCUT2D eigenvalue weighted by molar-refractivity contribution is 9.10. The largest absolute Gasteiger partial charge is 0.504 e. The predicted octanol–water partition coefficient (Wildman–Crippen LogP) is 3.66. The standard InChI is InChI=1S/C17H15BrO4/c18-14-3-1-2-12(10-14)8-9-22-17(21)7-5-13-4-6-15(19)16(20)11-13/h1-7,10-11,19-20H,8-9H2/b7-5+. The molecule has 0 unspecified atom stereocenters. The van der Waals surface area contributed by atoms with E-state index in [2.05, 4.69) is 15.9 Å². The van der Waals surface area contributed by atoms with Crippen LogP contribution in [0.1, 0.15) is 11.1 Å². The number of benzene rings is 2. The predicted molar refractivity (Wildman–Crippen MR) is 87.6 cm³/mol. The van der Waals surface area contributed by atoms with E-state index in [-0.39, 0.29) is 11.5 Å². The van der Waals surface area contributed by atoms with E-state index < -0.39 is 5.97 Å². The van der Waals surface area contributed by atoms with Crippen LogP contribution in [-0.4, -0.2) is 22.8 Å². The Labute approximate surface area is 136 Å². The molecule has 22 heavy (non-hydrogen) atoms. The molecule has 0 bridgehead atoms. The van der Waals surface area contributed by atoms with Crippen molar-refractivity contribution < 1.29 is 19.7 Å². The Hall–Kier alpha value is -2.27. The van der Waals surface area contributed by atoms with Gasteiger partial charge < -0.3 is 14.9 Å². The Morgan fingerprint density at radius 2 is 1.95 bits per heavy atom.